The molecule has 100 valence electrons. The number of carbonyl (C=O) groups excluding carboxylic acids is 1. The van der Waals surface area contributed by atoms with Crippen LogP contribution in [0.4, 0.5) is 4.39 Å². The van der Waals surface area contributed by atoms with E-state index in [4.69, 9.17) is 4.74 Å². The van der Waals surface area contributed by atoms with E-state index in [9.17, 15) is 9.18 Å². The maximum absolute atomic E-state index is 12.2. The minimum Gasteiger partial charge on any atom is -0.463 e. The van der Waals surface area contributed by atoms with Gasteiger partial charge in [0.05, 0.1) is 19.5 Å². The summed E-state index contributed by atoms with van der Waals surface area (Å²) in [5.41, 5.74) is 1.98. The highest BCUT2D eigenvalue weighted by molar-refractivity contribution is 5.85. The molecule has 0 saturated heterocycles. The maximum Gasteiger partial charge on any atom is 0.374 e. The Labute approximate surface area is 106 Å². The van der Waals surface area contributed by atoms with Crippen LogP contribution in [-0.4, -0.2) is 47.3 Å². The van der Waals surface area contributed by atoms with Crippen LogP contribution in [0.3, 0.4) is 0 Å². The monoisotopic (exact) mass is 255 g/mol. The summed E-state index contributed by atoms with van der Waals surface area (Å²) in [6, 6.07) is 0. The maximum atomic E-state index is 12.2. The number of methoxy groups -OCH3 is 1. The highest BCUT2D eigenvalue weighted by Crippen LogP contribution is 2.19. The summed E-state index contributed by atoms with van der Waals surface area (Å²) < 4.78 is 18.7. The van der Waals surface area contributed by atoms with Gasteiger partial charge in [-0.2, -0.15) is 0 Å². The van der Waals surface area contributed by atoms with Gasteiger partial charge in [-0.3, -0.25) is 9.29 Å². The molecule has 1 aromatic rings. The minimum absolute atomic E-state index is 0.293. The highest BCUT2D eigenvalue weighted by Gasteiger charge is 2.25. The van der Waals surface area contributed by atoms with Crippen molar-refractivity contribution in [1.29, 1.82) is 0 Å². The molecule has 1 aromatic heterocycles. The first-order valence-electron chi connectivity index (χ1n) is 6.08. The topological polar surface area (TPSA) is 47.4 Å². The normalized spacial score (nSPS) is 15.5. The van der Waals surface area contributed by atoms with Gasteiger partial charge < -0.3 is 9.30 Å². The van der Waals surface area contributed by atoms with Gasteiger partial charge in [-0.25, -0.2) is 9.78 Å². The molecule has 1 aliphatic rings. The Hall–Kier alpha value is -1.43. The van der Waals surface area contributed by atoms with Crippen LogP contribution in [0.2, 0.25) is 0 Å². The number of hydrogen-bond acceptors (Lipinski definition) is 4. The third-order valence-electron chi connectivity index (χ3n) is 3.31. The average Bonchev–Trinajstić information content (AvgIpc) is 2.72. The smallest absolute Gasteiger partial charge is 0.374 e. The van der Waals surface area contributed by atoms with E-state index in [0.717, 1.165) is 30.9 Å². The van der Waals surface area contributed by atoms with E-state index in [1.165, 1.54) is 7.11 Å². The molecule has 1 aliphatic heterocycles. The second-order valence-electron chi connectivity index (χ2n) is 4.45. The third kappa shape index (κ3) is 2.38. The molecule has 0 radical (unpaired) electrons. The van der Waals surface area contributed by atoms with Crippen molar-refractivity contribution < 1.29 is 13.9 Å². The third-order valence-corrected chi connectivity index (χ3v) is 3.31. The summed E-state index contributed by atoms with van der Waals surface area (Å²) >= 11 is 0. The molecule has 0 saturated carbocycles. The molecule has 0 aromatic carbocycles. The van der Waals surface area contributed by atoms with Crippen LogP contribution in [0, 0.1) is 0 Å². The Bertz CT molecular complexity index is 445. The average molecular weight is 255 g/mol. The SMILES string of the molecule is COC(=O)c1nc2c(n1C)CCN(CCCF)C2. The van der Waals surface area contributed by atoms with Crippen molar-refractivity contribution in [2.75, 3.05) is 26.9 Å². The number of carbonyl (C=O) groups is 1. The zero-order valence-corrected chi connectivity index (χ0v) is 10.8. The Morgan fingerprint density at radius 1 is 1.56 bits per heavy atom. The van der Waals surface area contributed by atoms with Crippen molar-refractivity contribution >= 4 is 5.97 Å². The number of aromatic nitrogens is 2. The second kappa shape index (κ2) is 5.48. The van der Waals surface area contributed by atoms with Gasteiger partial charge in [0.2, 0.25) is 5.82 Å². The summed E-state index contributed by atoms with van der Waals surface area (Å²) in [6.45, 7) is 2.01. The van der Waals surface area contributed by atoms with E-state index in [2.05, 4.69) is 9.88 Å². The van der Waals surface area contributed by atoms with E-state index < -0.39 is 5.97 Å². The van der Waals surface area contributed by atoms with Gasteiger partial charge in [0.1, 0.15) is 0 Å². The van der Waals surface area contributed by atoms with Crippen LogP contribution in [0.1, 0.15) is 28.4 Å². The van der Waals surface area contributed by atoms with Gasteiger partial charge >= 0.3 is 5.97 Å². The molecule has 5 nitrogen and oxygen atoms in total. The fraction of sp³-hybridized carbons (Fsp3) is 0.667. The number of hydrogen-bond donors (Lipinski definition) is 0. The fourth-order valence-corrected chi connectivity index (χ4v) is 2.33. The van der Waals surface area contributed by atoms with Crippen LogP contribution in [0.5, 0.6) is 0 Å². The summed E-state index contributed by atoms with van der Waals surface area (Å²) in [5.74, 6) is -0.0722. The summed E-state index contributed by atoms with van der Waals surface area (Å²) in [5, 5.41) is 0. The molecular formula is C12H18FN3O2. The van der Waals surface area contributed by atoms with E-state index in [0.29, 0.717) is 18.8 Å². The molecule has 0 aliphatic carbocycles. The van der Waals surface area contributed by atoms with Gasteiger partial charge in [-0.15, -0.1) is 0 Å². The number of nitrogens with zero attached hydrogens (tertiary/aromatic N) is 3. The molecule has 0 spiro atoms. The van der Waals surface area contributed by atoms with Crippen molar-refractivity contribution in [2.24, 2.45) is 7.05 Å². The summed E-state index contributed by atoms with van der Waals surface area (Å²) in [7, 11) is 3.18. The lowest BCUT2D eigenvalue weighted by molar-refractivity contribution is 0.0582. The quantitative estimate of drug-likeness (QED) is 0.751. The first-order chi connectivity index (χ1) is 8.67. The summed E-state index contributed by atoms with van der Waals surface area (Å²) in [4.78, 5) is 18.0. The number of imidazole rings is 1. The molecule has 0 fully saturated rings. The molecule has 2 rings (SSSR count). The zero-order chi connectivity index (χ0) is 13.1. The lowest BCUT2D eigenvalue weighted by Crippen LogP contribution is -2.32. The first-order valence-corrected chi connectivity index (χ1v) is 6.08. The number of halogens is 1. The first kappa shape index (κ1) is 13.0. The summed E-state index contributed by atoms with van der Waals surface area (Å²) in [6.07, 6.45) is 1.38. The largest absolute Gasteiger partial charge is 0.463 e. The van der Waals surface area contributed by atoms with Crippen LogP contribution >= 0.6 is 0 Å². The fourth-order valence-electron chi connectivity index (χ4n) is 2.33. The minimum atomic E-state index is -0.415. The lowest BCUT2D eigenvalue weighted by atomic mass is 10.1. The van der Waals surface area contributed by atoms with Crippen LogP contribution in [0.15, 0.2) is 0 Å². The van der Waals surface area contributed by atoms with E-state index in [1.807, 2.05) is 7.05 Å². The molecular weight excluding hydrogens is 237 g/mol. The lowest BCUT2D eigenvalue weighted by Gasteiger charge is -2.26. The Kier molecular flexibility index (Phi) is 3.96. The van der Waals surface area contributed by atoms with E-state index >= 15 is 0 Å². The standard InChI is InChI=1S/C12H18FN3O2/c1-15-10-4-7-16(6-3-5-13)8-9(10)14-11(15)12(17)18-2/h3-8H2,1-2H3. The Morgan fingerprint density at radius 3 is 3.00 bits per heavy atom. The van der Waals surface area contributed by atoms with Gasteiger partial charge in [-0.05, 0) is 6.42 Å². The van der Waals surface area contributed by atoms with Gasteiger partial charge in [-0.1, -0.05) is 0 Å². The highest BCUT2D eigenvalue weighted by atomic mass is 19.1. The van der Waals surface area contributed by atoms with Gasteiger partial charge in [0, 0.05) is 38.8 Å². The molecule has 18 heavy (non-hydrogen) atoms. The molecule has 2 heterocycles. The molecule has 0 N–H and O–H groups in total. The Balaban J connectivity index is 2.15. The van der Waals surface area contributed by atoms with Crippen molar-refractivity contribution in [3.8, 4) is 0 Å². The van der Waals surface area contributed by atoms with Crippen LogP contribution in [0.25, 0.3) is 0 Å². The van der Waals surface area contributed by atoms with Crippen molar-refractivity contribution in [3.63, 3.8) is 0 Å². The molecule has 0 amide bonds. The molecule has 0 unspecified atom stereocenters. The number of rotatable bonds is 4. The molecule has 6 heteroatoms. The van der Waals surface area contributed by atoms with Gasteiger partial charge in [0.25, 0.3) is 0 Å². The zero-order valence-electron chi connectivity index (χ0n) is 10.8. The Morgan fingerprint density at radius 2 is 2.33 bits per heavy atom. The number of esters is 1. The van der Waals surface area contributed by atoms with E-state index in [1.54, 1.807) is 4.57 Å². The number of fused-ring (bicyclic) bond motifs is 1. The van der Waals surface area contributed by atoms with Crippen LogP contribution < -0.4 is 0 Å². The number of alkyl halides is 1. The van der Waals surface area contributed by atoms with Crippen molar-refractivity contribution in [3.05, 3.63) is 17.2 Å². The van der Waals surface area contributed by atoms with Crippen molar-refractivity contribution in [1.82, 2.24) is 14.5 Å². The number of ether oxygens (including phenoxy) is 1. The van der Waals surface area contributed by atoms with E-state index in [-0.39, 0.29) is 6.67 Å². The second-order valence-corrected chi connectivity index (χ2v) is 4.45. The van der Waals surface area contributed by atoms with Crippen molar-refractivity contribution in [2.45, 2.75) is 19.4 Å². The van der Waals surface area contributed by atoms with Gasteiger partial charge in [0.15, 0.2) is 0 Å². The molecule has 0 atom stereocenters. The molecule has 0 bridgehead atoms. The predicted molar refractivity (Wildman–Crippen MR) is 64.1 cm³/mol. The predicted octanol–water partition coefficient (Wildman–Crippen LogP) is 0.924. The van der Waals surface area contributed by atoms with Crippen LogP contribution in [-0.2, 0) is 24.8 Å².